The molecule has 2 atom stereocenters. The predicted molar refractivity (Wildman–Crippen MR) is 77.9 cm³/mol. The molecule has 0 aromatic carbocycles. The fourth-order valence-electron chi connectivity index (χ4n) is 1.31. The normalized spacial score (nSPS) is 16.2. The highest BCUT2D eigenvalue weighted by atomic mass is 31.1. The van der Waals surface area contributed by atoms with E-state index in [2.05, 4.69) is 53.5 Å². The van der Waals surface area contributed by atoms with Gasteiger partial charge in [0.1, 0.15) is 6.11 Å². The molecule has 98 valence electrons. The van der Waals surface area contributed by atoms with Crippen molar-refractivity contribution in [3.05, 3.63) is 12.2 Å². The number of hydrogen-bond donors (Lipinski definition) is 0. The van der Waals surface area contributed by atoms with Crippen molar-refractivity contribution in [1.82, 2.24) is 0 Å². The van der Waals surface area contributed by atoms with Crippen molar-refractivity contribution in [2.45, 2.75) is 25.4 Å². The van der Waals surface area contributed by atoms with Gasteiger partial charge < -0.3 is 4.52 Å². The molecular weight excluding hydrogens is 271 g/mol. The van der Waals surface area contributed by atoms with E-state index in [0.717, 1.165) is 19.3 Å². The molecule has 0 saturated carbocycles. The Morgan fingerprint density at radius 1 is 1.10 bits per heavy atom. The van der Waals surface area contributed by atoms with E-state index >= 15 is 0 Å². The van der Waals surface area contributed by atoms with E-state index in [1.165, 1.54) is 0 Å². The van der Waals surface area contributed by atoms with Gasteiger partial charge in [-0.25, -0.2) is 4.57 Å². The summed E-state index contributed by atoms with van der Waals surface area (Å²) in [6.07, 6.45) is 13.7. The first kappa shape index (κ1) is 15.6. The molecule has 1 rings (SSSR count). The van der Waals surface area contributed by atoms with Gasteiger partial charge >= 0.3 is 8.25 Å². The van der Waals surface area contributed by atoms with Crippen LogP contribution in [0.3, 0.4) is 0 Å². The Morgan fingerprint density at radius 3 is 2.45 bits per heavy atom. The lowest BCUT2D eigenvalue weighted by atomic mass is 10.1. The number of terminal acetylenes is 1. The fourth-order valence-corrected chi connectivity index (χ4v) is 1.94. The minimum atomic E-state index is -2.62. The highest BCUT2D eigenvalue weighted by Gasteiger charge is 2.11. The van der Waals surface area contributed by atoms with Gasteiger partial charge in [0, 0.05) is 23.7 Å². The molecule has 1 aliphatic rings. The Morgan fingerprint density at radius 2 is 1.80 bits per heavy atom. The summed E-state index contributed by atoms with van der Waals surface area (Å²) < 4.78 is 21.3. The molecule has 0 amide bonds. The summed E-state index contributed by atoms with van der Waals surface area (Å²) in [5, 5.41) is 0. The number of rotatable bonds is 3. The lowest BCUT2D eigenvalue weighted by Gasteiger charge is -2.15. The van der Waals surface area contributed by atoms with Gasteiger partial charge in [0.15, 0.2) is 0 Å². The van der Waals surface area contributed by atoms with Gasteiger partial charge in [-0.2, -0.15) is 0 Å². The van der Waals surface area contributed by atoms with Crippen molar-refractivity contribution in [3.63, 3.8) is 0 Å². The molecule has 0 spiro atoms. The topological polar surface area (TPSA) is 35.5 Å². The maximum absolute atomic E-state index is 11.4. The summed E-state index contributed by atoms with van der Waals surface area (Å²) in [4.78, 5) is 0. The molecule has 0 aromatic rings. The van der Waals surface area contributed by atoms with E-state index in [0.29, 0.717) is 0 Å². The molecule has 0 N–H and O–H groups in total. The zero-order chi connectivity index (χ0) is 14.5. The molecule has 0 aromatic heterocycles. The maximum Gasteiger partial charge on any atom is 0.376 e. The second kappa shape index (κ2) is 10.5. The van der Waals surface area contributed by atoms with Crippen LogP contribution in [-0.2, 0) is 13.6 Å². The molecule has 3 nitrogen and oxygen atoms in total. The van der Waals surface area contributed by atoms with Crippen molar-refractivity contribution < 1.29 is 13.6 Å². The smallest absolute Gasteiger partial charge is 0.371 e. The molecule has 0 aliphatic heterocycles. The summed E-state index contributed by atoms with van der Waals surface area (Å²) in [5.74, 6) is 18.8. The Balaban J connectivity index is 2.31. The van der Waals surface area contributed by atoms with Gasteiger partial charge in [-0.1, -0.05) is 12.2 Å². The van der Waals surface area contributed by atoms with Gasteiger partial charge in [-0.15, -0.1) is 6.42 Å². The van der Waals surface area contributed by atoms with Gasteiger partial charge in [-0.05, 0) is 42.9 Å². The van der Waals surface area contributed by atoms with Crippen LogP contribution < -0.4 is 0 Å². The molecule has 1 aliphatic carbocycles. The van der Waals surface area contributed by atoms with E-state index in [4.69, 9.17) is 15.5 Å². The second-order valence-corrected chi connectivity index (χ2v) is 4.43. The number of hydrogen-bond acceptors (Lipinski definition) is 3. The average molecular weight is 282 g/mol. The van der Waals surface area contributed by atoms with E-state index in [-0.39, 0.29) is 6.10 Å². The molecular formula is C16H11O3P. The summed E-state index contributed by atoms with van der Waals surface area (Å²) in [6, 6.07) is 0. The van der Waals surface area contributed by atoms with E-state index < -0.39 is 8.25 Å². The zero-order valence-electron chi connectivity index (χ0n) is 10.7. The third-order valence-electron chi connectivity index (χ3n) is 2.09. The minimum absolute atomic E-state index is 0.149. The van der Waals surface area contributed by atoms with Crippen molar-refractivity contribution >= 4 is 8.25 Å². The first-order valence-corrected chi connectivity index (χ1v) is 7.05. The van der Waals surface area contributed by atoms with Crippen LogP contribution in [0.1, 0.15) is 19.3 Å². The predicted octanol–water partition coefficient (Wildman–Crippen LogP) is 2.12. The Bertz CT molecular complexity index is 667. The summed E-state index contributed by atoms with van der Waals surface area (Å²) in [5.41, 5.74) is 0. The van der Waals surface area contributed by atoms with Crippen molar-refractivity contribution in [2.75, 3.05) is 0 Å². The highest BCUT2D eigenvalue weighted by molar-refractivity contribution is 7.33. The SMILES string of the molecule is C#CC#CC#CC#CC#CO[PH](=O)OC1C=CCCC1. The summed E-state index contributed by atoms with van der Waals surface area (Å²) >= 11 is 0. The third-order valence-corrected chi connectivity index (χ3v) is 2.85. The van der Waals surface area contributed by atoms with Crippen LogP contribution in [-0.4, -0.2) is 6.10 Å². The van der Waals surface area contributed by atoms with Crippen LogP contribution >= 0.6 is 8.25 Å². The van der Waals surface area contributed by atoms with Crippen LogP contribution in [0.5, 0.6) is 0 Å². The van der Waals surface area contributed by atoms with Gasteiger partial charge in [0.25, 0.3) is 0 Å². The van der Waals surface area contributed by atoms with Crippen molar-refractivity contribution in [1.29, 1.82) is 0 Å². The van der Waals surface area contributed by atoms with Crippen LogP contribution in [0, 0.1) is 59.9 Å². The fraction of sp³-hybridized carbons (Fsp3) is 0.250. The van der Waals surface area contributed by atoms with E-state index in [1.807, 2.05) is 12.2 Å². The Labute approximate surface area is 120 Å². The summed E-state index contributed by atoms with van der Waals surface area (Å²) in [7, 11) is -2.62. The summed E-state index contributed by atoms with van der Waals surface area (Å²) in [6.45, 7) is 0. The van der Waals surface area contributed by atoms with E-state index in [1.54, 1.807) is 0 Å². The second-order valence-electron chi connectivity index (χ2n) is 3.49. The highest BCUT2D eigenvalue weighted by Crippen LogP contribution is 2.29. The van der Waals surface area contributed by atoms with Crippen LogP contribution in [0.25, 0.3) is 0 Å². The standard InChI is InChI=1S/C16H11O3P/c1-2-3-4-5-6-7-8-12-15-18-20(17)19-16-13-10-9-11-14-16/h1,10,13,16,20H,9,11,14H2. The Kier molecular flexibility index (Phi) is 8.15. The molecule has 0 bridgehead atoms. The van der Waals surface area contributed by atoms with Crippen molar-refractivity contribution in [3.8, 4) is 59.9 Å². The van der Waals surface area contributed by atoms with Gasteiger partial charge in [0.2, 0.25) is 0 Å². The lowest BCUT2D eigenvalue weighted by molar-refractivity contribution is 0.211. The first-order valence-electron chi connectivity index (χ1n) is 5.82. The van der Waals surface area contributed by atoms with Crippen molar-refractivity contribution in [2.24, 2.45) is 0 Å². The zero-order valence-corrected chi connectivity index (χ0v) is 11.7. The molecule has 2 unspecified atom stereocenters. The molecule has 0 fully saturated rings. The molecule has 0 saturated heterocycles. The first-order chi connectivity index (χ1) is 9.83. The lowest BCUT2D eigenvalue weighted by Crippen LogP contribution is -2.08. The quantitative estimate of drug-likeness (QED) is 0.452. The minimum Gasteiger partial charge on any atom is -0.371 e. The van der Waals surface area contributed by atoms with Crippen LogP contribution in [0.4, 0.5) is 0 Å². The van der Waals surface area contributed by atoms with E-state index in [9.17, 15) is 4.57 Å². The average Bonchev–Trinajstić information content (AvgIpc) is 2.46. The maximum atomic E-state index is 11.4. The van der Waals surface area contributed by atoms with Crippen LogP contribution in [0.15, 0.2) is 12.2 Å². The van der Waals surface area contributed by atoms with Gasteiger partial charge in [-0.3, -0.25) is 4.52 Å². The monoisotopic (exact) mass is 282 g/mol. The van der Waals surface area contributed by atoms with Crippen LogP contribution in [0.2, 0.25) is 0 Å². The Hall–Kier alpha value is -2.47. The molecule has 0 heterocycles. The molecule has 4 heteroatoms. The third kappa shape index (κ3) is 7.78. The largest absolute Gasteiger partial charge is 0.376 e. The number of allylic oxidation sites excluding steroid dienone is 1. The molecule has 0 radical (unpaired) electrons. The molecule has 20 heavy (non-hydrogen) atoms. The van der Waals surface area contributed by atoms with Gasteiger partial charge in [0.05, 0.1) is 6.10 Å².